The zero-order valence-corrected chi connectivity index (χ0v) is 16.0. The Balaban J connectivity index is 2.08. The van der Waals surface area contributed by atoms with Gasteiger partial charge >= 0.3 is 0 Å². The summed E-state index contributed by atoms with van der Waals surface area (Å²) in [5.41, 5.74) is 1.40. The Morgan fingerprint density at radius 2 is 2.00 bits per heavy atom. The van der Waals surface area contributed by atoms with E-state index in [4.69, 9.17) is 14.2 Å². The lowest BCUT2D eigenvalue weighted by Gasteiger charge is -2.17. The molecule has 0 spiro atoms. The van der Waals surface area contributed by atoms with Crippen LogP contribution in [0.15, 0.2) is 41.1 Å². The van der Waals surface area contributed by atoms with Gasteiger partial charge in [0.15, 0.2) is 11.5 Å². The number of pyridine rings is 1. The zero-order chi connectivity index (χ0) is 18.2. The Bertz CT molecular complexity index is 724. The lowest BCUT2D eigenvalue weighted by Crippen LogP contribution is -2.26. The summed E-state index contributed by atoms with van der Waals surface area (Å²) >= 11 is 3.31. The number of rotatable bonds is 8. The van der Waals surface area contributed by atoms with E-state index in [1.54, 1.807) is 26.5 Å². The molecular weight excluding hydrogens is 388 g/mol. The topological polar surface area (TPSA) is 69.7 Å². The van der Waals surface area contributed by atoms with E-state index in [1.165, 1.54) is 6.20 Å². The second kappa shape index (κ2) is 9.39. The summed E-state index contributed by atoms with van der Waals surface area (Å²) in [6.07, 6.45) is 3.16. The van der Waals surface area contributed by atoms with E-state index in [0.717, 1.165) is 10.0 Å². The molecule has 0 fully saturated rings. The fraction of sp³-hybridized carbons (Fsp3) is 0.333. The van der Waals surface area contributed by atoms with Crippen molar-refractivity contribution >= 4 is 21.8 Å². The molecule has 0 saturated carbocycles. The van der Waals surface area contributed by atoms with E-state index in [2.05, 4.69) is 26.2 Å². The number of nitrogens with one attached hydrogen (secondary N) is 1. The first kappa shape index (κ1) is 19.2. The van der Waals surface area contributed by atoms with Crippen LogP contribution in [-0.2, 0) is 4.74 Å². The van der Waals surface area contributed by atoms with E-state index in [1.807, 2.05) is 25.1 Å². The molecule has 1 aromatic heterocycles. The molecule has 25 heavy (non-hydrogen) atoms. The smallest absolute Gasteiger partial charge is 0.253 e. The van der Waals surface area contributed by atoms with Crippen molar-refractivity contribution in [3.63, 3.8) is 0 Å². The highest BCUT2D eigenvalue weighted by molar-refractivity contribution is 9.10. The standard InChI is InChI=1S/C18H21BrN2O4/c1-12(21-18(22)14-8-15(19)11-20-10-14)13-4-5-16(17(9-13)24-3)25-7-6-23-2/h4-5,8-12H,6-7H2,1-3H3,(H,21,22)/t12-/m1/s1. The van der Waals surface area contributed by atoms with E-state index in [9.17, 15) is 4.79 Å². The van der Waals surface area contributed by atoms with Gasteiger partial charge in [0.2, 0.25) is 0 Å². The quantitative estimate of drug-likeness (QED) is 0.678. The number of methoxy groups -OCH3 is 2. The molecule has 6 nitrogen and oxygen atoms in total. The number of carbonyl (C=O) groups excluding carboxylic acids is 1. The molecule has 1 aromatic carbocycles. The maximum Gasteiger partial charge on any atom is 0.253 e. The number of ether oxygens (including phenoxy) is 3. The molecular formula is C18H21BrN2O4. The Labute approximate surface area is 155 Å². The van der Waals surface area contributed by atoms with Crippen molar-refractivity contribution in [1.82, 2.24) is 10.3 Å². The van der Waals surface area contributed by atoms with Gasteiger partial charge in [-0.15, -0.1) is 0 Å². The molecule has 1 amide bonds. The highest BCUT2D eigenvalue weighted by Gasteiger charge is 2.14. The number of hydrogen-bond donors (Lipinski definition) is 1. The normalized spacial score (nSPS) is 11.7. The summed E-state index contributed by atoms with van der Waals surface area (Å²) in [6, 6.07) is 7.10. The highest BCUT2D eigenvalue weighted by atomic mass is 79.9. The Morgan fingerprint density at radius 3 is 2.68 bits per heavy atom. The third-order valence-corrected chi connectivity index (χ3v) is 3.98. The summed E-state index contributed by atoms with van der Waals surface area (Å²) in [5.74, 6) is 1.05. The molecule has 0 saturated heterocycles. The number of amides is 1. The summed E-state index contributed by atoms with van der Waals surface area (Å²) in [6.45, 7) is 2.84. The van der Waals surface area contributed by atoms with Crippen molar-refractivity contribution in [2.24, 2.45) is 0 Å². The number of halogens is 1. The molecule has 2 rings (SSSR count). The third-order valence-electron chi connectivity index (χ3n) is 3.55. The van der Waals surface area contributed by atoms with Crippen LogP contribution in [0, 0.1) is 0 Å². The first-order chi connectivity index (χ1) is 12.0. The fourth-order valence-corrected chi connectivity index (χ4v) is 2.57. The van der Waals surface area contributed by atoms with Crippen molar-refractivity contribution in [3.8, 4) is 11.5 Å². The van der Waals surface area contributed by atoms with Crippen molar-refractivity contribution in [3.05, 3.63) is 52.3 Å². The second-order valence-electron chi connectivity index (χ2n) is 5.34. The van der Waals surface area contributed by atoms with Crippen LogP contribution in [-0.4, -0.2) is 38.3 Å². The summed E-state index contributed by atoms with van der Waals surface area (Å²) in [5, 5.41) is 2.95. The number of aromatic nitrogens is 1. The van der Waals surface area contributed by atoms with Crippen LogP contribution in [0.2, 0.25) is 0 Å². The highest BCUT2D eigenvalue weighted by Crippen LogP contribution is 2.30. The van der Waals surface area contributed by atoms with E-state index < -0.39 is 0 Å². The van der Waals surface area contributed by atoms with Crippen LogP contribution in [0.5, 0.6) is 11.5 Å². The third kappa shape index (κ3) is 5.44. The Kier molecular flexibility index (Phi) is 7.21. The maximum atomic E-state index is 12.3. The lowest BCUT2D eigenvalue weighted by atomic mass is 10.1. The molecule has 0 bridgehead atoms. The molecule has 0 aliphatic rings. The van der Waals surface area contributed by atoms with Gasteiger partial charge in [-0.25, -0.2) is 0 Å². The van der Waals surface area contributed by atoms with Crippen molar-refractivity contribution < 1.29 is 19.0 Å². The van der Waals surface area contributed by atoms with Crippen molar-refractivity contribution in [2.75, 3.05) is 27.4 Å². The molecule has 7 heteroatoms. The molecule has 0 aliphatic carbocycles. The molecule has 1 N–H and O–H groups in total. The van der Waals surface area contributed by atoms with Crippen molar-refractivity contribution in [2.45, 2.75) is 13.0 Å². The van der Waals surface area contributed by atoms with Gasteiger partial charge in [0.05, 0.1) is 25.3 Å². The summed E-state index contributed by atoms with van der Waals surface area (Å²) < 4.78 is 16.7. The van der Waals surface area contributed by atoms with E-state index >= 15 is 0 Å². The first-order valence-corrected chi connectivity index (χ1v) is 8.55. The lowest BCUT2D eigenvalue weighted by molar-refractivity contribution is 0.0939. The molecule has 0 unspecified atom stereocenters. The van der Waals surface area contributed by atoms with Gasteiger partial charge in [-0.05, 0) is 46.6 Å². The van der Waals surface area contributed by atoms with Gasteiger partial charge in [0, 0.05) is 24.0 Å². The Hall–Kier alpha value is -2.12. The van der Waals surface area contributed by atoms with Gasteiger partial charge < -0.3 is 19.5 Å². The van der Waals surface area contributed by atoms with Gasteiger partial charge in [0.1, 0.15) is 6.61 Å². The first-order valence-electron chi connectivity index (χ1n) is 7.76. The molecule has 0 aliphatic heterocycles. The SMILES string of the molecule is COCCOc1ccc([C@@H](C)NC(=O)c2cncc(Br)c2)cc1OC. The van der Waals surface area contributed by atoms with Crippen LogP contribution >= 0.6 is 15.9 Å². The van der Waals surface area contributed by atoms with Gasteiger partial charge in [-0.2, -0.15) is 0 Å². The minimum Gasteiger partial charge on any atom is -0.493 e. The van der Waals surface area contributed by atoms with Crippen molar-refractivity contribution in [1.29, 1.82) is 0 Å². The minimum absolute atomic E-state index is 0.194. The number of hydrogen-bond acceptors (Lipinski definition) is 5. The van der Waals surface area contributed by atoms with E-state index in [0.29, 0.717) is 30.3 Å². The number of benzene rings is 1. The van der Waals surface area contributed by atoms with E-state index in [-0.39, 0.29) is 11.9 Å². The monoisotopic (exact) mass is 408 g/mol. The molecule has 0 radical (unpaired) electrons. The average Bonchev–Trinajstić information content (AvgIpc) is 2.62. The fourth-order valence-electron chi connectivity index (χ4n) is 2.21. The summed E-state index contributed by atoms with van der Waals surface area (Å²) in [7, 11) is 3.20. The van der Waals surface area contributed by atoms with Gasteiger partial charge in [-0.3, -0.25) is 9.78 Å². The van der Waals surface area contributed by atoms with Crippen LogP contribution in [0.1, 0.15) is 28.9 Å². The van der Waals surface area contributed by atoms with Crippen LogP contribution in [0.25, 0.3) is 0 Å². The van der Waals surface area contributed by atoms with Gasteiger partial charge in [0.25, 0.3) is 5.91 Å². The Morgan fingerprint density at radius 1 is 1.20 bits per heavy atom. The molecule has 2 aromatic rings. The largest absolute Gasteiger partial charge is 0.493 e. The zero-order valence-electron chi connectivity index (χ0n) is 14.4. The summed E-state index contributed by atoms with van der Waals surface area (Å²) in [4.78, 5) is 16.3. The predicted molar refractivity (Wildman–Crippen MR) is 98.2 cm³/mol. The van der Waals surface area contributed by atoms with Crippen LogP contribution in [0.4, 0.5) is 0 Å². The molecule has 1 atom stereocenters. The molecule has 134 valence electrons. The minimum atomic E-state index is -0.201. The van der Waals surface area contributed by atoms with Gasteiger partial charge in [-0.1, -0.05) is 6.07 Å². The van der Waals surface area contributed by atoms with Crippen LogP contribution in [0.3, 0.4) is 0 Å². The molecule has 1 heterocycles. The maximum absolute atomic E-state index is 12.3. The number of carbonyl (C=O) groups is 1. The second-order valence-corrected chi connectivity index (χ2v) is 6.25. The van der Waals surface area contributed by atoms with Crippen LogP contribution < -0.4 is 14.8 Å². The average molecular weight is 409 g/mol. The number of nitrogens with zero attached hydrogens (tertiary/aromatic N) is 1. The predicted octanol–water partition coefficient (Wildman–Crippen LogP) is 3.37.